The van der Waals surface area contributed by atoms with E-state index in [1.165, 1.54) is 0 Å². The zero-order valence-electron chi connectivity index (χ0n) is 25.1. The lowest BCUT2D eigenvalue weighted by atomic mass is 10.1. The number of hydrogen-bond acceptors (Lipinski definition) is 7. The van der Waals surface area contributed by atoms with Gasteiger partial charge in [0.15, 0.2) is 0 Å². The SMILES string of the molecule is CC(C)(C)OC(=O)c1ccc(SCCCCCCCCCC(=O)N[C@@H](CCC(=O)OCc2ccccc2)C(=O)O)cc1. The minimum absolute atomic E-state index is 0.00955. The van der Waals surface area contributed by atoms with Crippen molar-refractivity contribution in [2.75, 3.05) is 5.75 Å². The molecule has 2 aromatic rings. The molecule has 0 bridgehead atoms. The summed E-state index contributed by atoms with van der Waals surface area (Å²) in [6, 6.07) is 15.7. The summed E-state index contributed by atoms with van der Waals surface area (Å²) in [5, 5.41) is 11.9. The Kier molecular flexibility index (Phi) is 15.8. The fourth-order valence-corrected chi connectivity index (χ4v) is 4.99. The molecule has 0 spiro atoms. The van der Waals surface area contributed by atoms with Crippen LogP contribution in [0.3, 0.4) is 0 Å². The van der Waals surface area contributed by atoms with Gasteiger partial charge in [0.1, 0.15) is 18.2 Å². The van der Waals surface area contributed by atoms with E-state index in [1.807, 2.05) is 75.4 Å². The van der Waals surface area contributed by atoms with E-state index < -0.39 is 23.6 Å². The number of nitrogens with one attached hydrogen (secondary N) is 1. The first-order valence-electron chi connectivity index (χ1n) is 14.7. The molecule has 0 unspecified atom stereocenters. The molecule has 0 saturated carbocycles. The molecule has 0 radical (unpaired) electrons. The van der Waals surface area contributed by atoms with Gasteiger partial charge in [-0.1, -0.05) is 62.4 Å². The lowest BCUT2D eigenvalue weighted by molar-refractivity contribution is -0.146. The summed E-state index contributed by atoms with van der Waals surface area (Å²) in [4.78, 5) is 49.0. The smallest absolute Gasteiger partial charge is 0.338 e. The molecule has 2 aromatic carbocycles. The van der Waals surface area contributed by atoms with Gasteiger partial charge in [-0.2, -0.15) is 0 Å². The Labute approximate surface area is 253 Å². The molecule has 1 amide bonds. The van der Waals surface area contributed by atoms with E-state index in [9.17, 15) is 24.3 Å². The summed E-state index contributed by atoms with van der Waals surface area (Å²) in [6.07, 6.45) is 7.30. The van der Waals surface area contributed by atoms with E-state index in [0.29, 0.717) is 12.0 Å². The molecular weight excluding hydrogens is 554 g/mol. The number of benzene rings is 2. The second kappa shape index (κ2) is 19.0. The van der Waals surface area contributed by atoms with Crippen molar-refractivity contribution >= 4 is 35.6 Å². The van der Waals surface area contributed by atoms with Crippen LogP contribution >= 0.6 is 11.8 Å². The maximum atomic E-state index is 12.2. The average Bonchev–Trinajstić information content (AvgIpc) is 2.95. The Bertz CT molecular complexity index is 1110. The van der Waals surface area contributed by atoms with E-state index in [-0.39, 0.29) is 37.7 Å². The fourth-order valence-electron chi connectivity index (χ4n) is 4.08. The van der Waals surface area contributed by atoms with Crippen LogP contribution in [0.1, 0.15) is 101 Å². The molecule has 0 aliphatic rings. The maximum Gasteiger partial charge on any atom is 0.338 e. The van der Waals surface area contributed by atoms with Gasteiger partial charge in [0, 0.05) is 17.7 Å². The number of carbonyl (C=O) groups is 4. The van der Waals surface area contributed by atoms with E-state index in [1.54, 1.807) is 11.8 Å². The first-order valence-corrected chi connectivity index (χ1v) is 15.7. The summed E-state index contributed by atoms with van der Waals surface area (Å²) in [5.41, 5.74) is 0.909. The molecule has 9 heteroatoms. The number of hydrogen-bond donors (Lipinski definition) is 2. The molecule has 1 atom stereocenters. The standard InChI is InChI=1S/C33H45NO7S/c1-33(2,3)41-32(39)26-17-19-27(20-18-26)42-23-13-8-6-4-5-7-12-16-29(35)34-28(31(37)38)21-22-30(36)40-24-25-14-10-9-11-15-25/h9-11,14-15,17-20,28H,4-8,12-13,16,21-24H2,1-3H3,(H,34,35)(H,37,38)/t28-/m0/s1. The molecular formula is C33H45NO7S. The molecule has 0 aliphatic carbocycles. The van der Waals surface area contributed by atoms with Gasteiger partial charge in [0.2, 0.25) is 5.91 Å². The van der Waals surface area contributed by atoms with Crippen LogP contribution in [0.15, 0.2) is 59.5 Å². The first-order chi connectivity index (χ1) is 20.0. The third-order valence-electron chi connectivity index (χ3n) is 6.32. The number of esters is 2. The highest BCUT2D eigenvalue weighted by Crippen LogP contribution is 2.22. The topological polar surface area (TPSA) is 119 Å². The number of unbranched alkanes of at least 4 members (excludes halogenated alkanes) is 6. The molecule has 0 fully saturated rings. The number of carboxylic acids is 1. The Morgan fingerprint density at radius 3 is 2.07 bits per heavy atom. The number of carbonyl (C=O) groups excluding carboxylic acids is 3. The summed E-state index contributed by atoms with van der Waals surface area (Å²) in [5.74, 6) is -1.25. The van der Waals surface area contributed by atoms with Gasteiger partial charge in [0.05, 0.1) is 5.56 Å². The van der Waals surface area contributed by atoms with Crippen LogP contribution in [0.4, 0.5) is 0 Å². The zero-order chi connectivity index (χ0) is 30.8. The van der Waals surface area contributed by atoms with Crippen LogP contribution in [0, 0.1) is 0 Å². The number of aliphatic carboxylic acids is 1. The Morgan fingerprint density at radius 1 is 0.833 bits per heavy atom. The van der Waals surface area contributed by atoms with E-state index >= 15 is 0 Å². The lowest BCUT2D eigenvalue weighted by Gasteiger charge is -2.19. The van der Waals surface area contributed by atoms with Gasteiger partial charge < -0.3 is 19.9 Å². The van der Waals surface area contributed by atoms with Crippen LogP contribution in [0.5, 0.6) is 0 Å². The van der Waals surface area contributed by atoms with E-state index in [2.05, 4.69) is 5.32 Å². The molecule has 0 aromatic heterocycles. The van der Waals surface area contributed by atoms with Crippen LogP contribution in [0.25, 0.3) is 0 Å². The van der Waals surface area contributed by atoms with Crippen molar-refractivity contribution in [3.05, 3.63) is 65.7 Å². The second-order valence-electron chi connectivity index (χ2n) is 11.2. The molecule has 2 rings (SSSR count). The zero-order valence-corrected chi connectivity index (χ0v) is 25.9. The summed E-state index contributed by atoms with van der Waals surface area (Å²) < 4.78 is 10.6. The van der Waals surface area contributed by atoms with Crippen LogP contribution in [-0.4, -0.2) is 46.3 Å². The molecule has 0 heterocycles. The van der Waals surface area contributed by atoms with Crippen molar-refractivity contribution in [3.8, 4) is 0 Å². The molecule has 0 aliphatic heterocycles. The van der Waals surface area contributed by atoms with Crippen LogP contribution in [0.2, 0.25) is 0 Å². The van der Waals surface area contributed by atoms with Crippen LogP contribution in [-0.2, 0) is 30.5 Å². The van der Waals surface area contributed by atoms with Gasteiger partial charge in [-0.15, -0.1) is 11.8 Å². The number of rotatable bonds is 19. The number of thioether (sulfide) groups is 1. The number of amides is 1. The third kappa shape index (κ3) is 15.6. The summed E-state index contributed by atoms with van der Waals surface area (Å²) in [7, 11) is 0. The molecule has 42 heavy (non-hydrogen) atoms. The van der Waals surface area contributed by atoms with Gasteiger partial charge in [-0.05, 0) is 75.6 Å². The summed E-state index contributed by atoms with van der Waals surface area (Å²) >= 11 is 1.78. The van der Waals surface area contributed by atoms with Gasteiger partial charge >= 0.3 is 17.9 Å². The first kappa shape index (κ1) is 34.9. The van der Waals surface area contributed by atoms with Gasteiger partial charge in [0.25, 0.3) is 0 Å². The fraction of sp³-hybridized carbons (Fsp3) is 0.515. The van der Waals surface area contributed by atoms with Crippen molar-refractivity contribution in [3.63, 3.8) is 0 Å². The summed E-state index contributed by atoms with van der Waals surface area (Å²) in [6.45, 7) is 5.70. The predicted molar refractivity (Wildman–Crippen MR) is 164 cm³/mol. The van der Waals surface area contributed by atoms with Crippen molar-refractivity contribution in [1.29, 1.82) is 0 Å². The quantitative estimate of drug-likeness (QED) is 0.101. The Balaban J connectivity index is 1.49. The van der Waals surface area contributed by atoms with Crippen molar-refractivity contribution in [2.24, 2.45) is 0 Å². The highest BCUT2D eigenvalue weighted by Gasteiger charge is 2.21. The minimum atomic E-state index is -1.16. The van der Waals surface area contributed by atoms with Gasteiger partial charge in [-0.3, -0.25) is 9.59 Å². The van der Waals surface area contributed by atoms with Crippen molar-refractivity contribution in [2.45, 2.75) is 108 Å². The molecule has 230 valence electrons. The highest BCUT2D eigenvalue weighted by atomic mass is 32.2. The monoisotopic (exact) mass is 599 g/mol. The Morgan fingerprint density at radius 2 is 1.45 bits per heavy atom. The molecule has 0 saturated heterocycles. The average molecular weight is 600 g/mol. The highest BCUT2D eigenvalue weighted by molar-refractivity contribution is 7.99. The normalized spacial score (nSPS) is 11.9. The number of ether oxygens (including phenoxy) is 2. The molecule has 8 nitrogen and oxygen atoms in total. The van der Waals surface area contributed by atoms with Gasteiger partial charge in [-0.25, -0.2) is 9.59 Å². The second-order valence-corrected chi connectivity index (χ2v) is 12.4. The van der Waals surface area contributed by atoms with E-state index in [4.69, 9.17) is 9.47 Å². The molecule has 2 N–H and O–H groups in total. The Hall–Kier alpha value is -3.33. The van der Waals surface area contributed by atoms with Crippen molar-refractivity contribution < 1.29 is 33.8 Å². The third-order valence-corrected chi connectivity index (χ3v) is 7.42. The number of carboxylic acid groups (broad SMARTS) is 1. The minimum Gasteiger partial charge on any atom is -0.480 e. The van der Waals surface area contributed by atoms with E-state index in [0.717, 1.165) is 54.7 Å². The lowest BCUT2D eigenvalue weighted by Crippen LogP contribution is -2.41. The predicted octanol–water partition coefficient (Wildman–Crippen LogP) is 6.95. The maximum absolute atomic E-state index is 12.2. The largest absolute Gasteiger partial charge is 0.480 e. The van der Waals surface area contributed by atoms with Crippen molar-refractivity contribution in [1.82, 2.24) is 5.32 Å². The van der Waals surface area contributed by atoms with Crippen LogP contribution < -0.4 is 5.32 Å².